The van der Waals surface area contributed by atoms with Crippen molar-refractivity contribution in [1.82, 2.24) is 4.90 Å². The van der Waals surface area contributed by atoms with E-state index in [-0.39, 0.29) is 12.1 Å². The molecule has 0 amide bonds. The molecule has 0 aromatic carbocycles. The van der Waals surface area contributed by atoms with Crippen molar-refractivity contribution in [3.63, 3.8) is 0 Å². The molecule has 0 aromatic rings. The number of carbonyl (C=O) groups is 2. The normalized spacial score (nSPS) is 23.6. The van der Waals surface area contributed by atoms with Crippen LogP contribution in [0, 0.1) is 0 Å². The van der Waals surface area contributed by atoms with Gasteiger partial charge in [0.15, 0.2) is 0 Å². The van der Waals surface area contributed by atoms with Crippen molar-refractivity contribution in [2.75, 3.05) is 19.6 Å². The average Bonchev–Trinajstić information content (AvgIpc) is 2.74. The molecule has 0 N–H and O–H groups in total. The molecule has 0 atom stereocenters. The van der Waals surface area contributed by atoms with Crippen LogP contribution in [0.25, 0.3) is 0 Å². The van der Waals surface area contributed by atoms with Gasteiger partial charge < -0.3 is 4.74 Å². The third-order valence-corrected chi connectivity index (χ3v) is 3.37. The molecule has 0 unspecified atom stereocenters. The van der Waals surface area contributed by atoms with E-state index in [9.17, 15) is 9.59 Å². The van der Waals surface area contributed by atoms with E-state index in [0.29, 0.717) is 38.3 Å². The van der Waals surface area contributed by atoms with Gasteiger partial charge in [-0.2, -0.15) is 0 Å². The van der Waals surface area contributed by atoms with Crippen LogP contribution in [-0.2, 0) is 14.3 Å². The second-order valence-corrected chi connectivity index (χ2v) is 4.71. The Morgan fingerprint density at radius 2 is 1.88 bits per heavy atom. The highest BCUT2D eigenvalue weighted by molar-refractivity contribution is 5.80. The summed E-state index contributed by atoms with van der Waals surface area (Å²) < 4.78 is 5.38. The van der Waals surface area contributed by atoms with Crippen molar-refractivity contribution < 1.29 is 14.3 Å². The minimum Gasteiger partial charge on any atom is -0.461 e. The van der Waals surface area contributed by atoms with Gasteiger partial charge in [-0.1, -0.05) is 0 Å². The summed E-state index contributed by atoms with van der Waals surface area (Å²) in [6, 6.07) is 0. The zero-order chi connectivity index (χ0) is 11.4. The first-order valence-electron chi connectivity index (χ1n) is 6.17. The number of ketones is 1. The molecule has 0 radical (unpaired) electrons. The Bertz CT molecular complexity index is 261. The molecule has 2 fully saturated rings. The minimum atomic E-state index is -0.124. The molecule has 4 heteroatoms. The van der Waals surface area contributed by atoms with Crippen molar-refractivity contribution in [1.29, 1.82) is 0 Å². The first-order chi connectivity index (χ1) is 7.74. The number of carbonyl (C=O) groups excluding carboxylic acids is 2. The molecule has 1 saturated heterocycles. The lowest BCUT2D eigenvalue weighted by atomic mass is 10.1. The van der Waals surface area contributed by atoms with Crippen molar-refractivity contribution in [3.05, 3.63) is 0 Å². The number of ether oxygens (including phenoxy) is 1. The van der Waals surface area contributed by atoms with Crippen LogP contribution >= 0.6 is 0 Å². The summed E-state index contributed by atoms with van der Waals surface area (Å²) in [5, 5.41) is 0. The van der Waals surface area contributed by atoms with Crippen molar-refractivity contribution >= 4 is 11.8 Å². The van der Waals surface area contributed by atoms with E-state index < -0.39 is 0 Å². The van der Waals surface area contributed by atoms with Gasteiger partial charge in [0.2, 0.25) is 0 Å². The molecule has 16 heavy (non-hydrogen) atoms. The smallest absolute Gasteiger partial charge is 0.320 e. The number of hydrogen-bond donors (Lipinski definition) is 0. The van der Waals surface area contributed by atoms with Gasteiger partial charge >= 0.3 is 5.97 Å². The third-order valence-electron chi connectivity index (χ3n) is 3.37. The van der Waals surface area contributed by atoms with Crippen LogP contribution in [0.5, 0.6) is 0 Å². The van der Waals surface area contributed by atoms with Gasteiger partial charge in [0.05, 0.1) is 6.54 Å². The molecule has 0 spiro atoms. The zero-order valence-electron chi connectivity index (χ0n) is 9.61. The lowest BCUT2D eigenvalue weighted by Gasteiger charge is -2.25. The molecule has 2 aliphatic rings. The molecule has 4 nitrogen and oxygen atoms in total. The minimum absolute atomic E-state index is 0.124. The maximum Gasteiger partial charge on any atom is 0.320 e. The lowest BCUT2D eigenvalue weighted by molar-refractivity contribution is -0.150. The van der Waals surface area contributed by atoms with E-state index in [1.807, 2.05) is 4.90 Å². The monoisotopic (exact) mass is 225 g/mol. The van der Waals surface area contributed by atoms with Crippen LogP contribution in [0.15, 0.2) is 0 Å². The fourth-order valence-corrected chi connectivity index (χ4v) is 2.37. The van der Waals surface area contributed by atoms with Crippen LogP contribution in [-0.4, -0.2) is 42.4 Å². The summed E-state index contributed by atoms with van der Waals surface area (Å²) in [5.41, 5.74) is 0. The van der Waals surface area contributed by atoms with Gasteiger partial charge in [0.25, 0.3) is 0 Å². The van der Waals surface area contributed by atoms with Gasteiger partial charge in [0.1, 0.15) is 11.9 Å². The molecular weight excluding hydrogens is 206 g/mol. The van der Waals surface area contributed by atoms with E-state index in [1.165, 1.54) is 12.8 Å². The van der Waals surface area contributed by atoms with Gasteiger partial charge in [0, 0.05) is 25.9 Å². The number of esters is 1. The topological polar surface area (TPSA) is 46.6 Å². The molecule has 2 rings (SSSR count). The summed E-state index contributed by atoms with van der Waals surface area (Å²) in [7, 11) is 0. The van der Waals surface area contributed by atoms with Crippen LogP contribution in [0.4, 0.5) is 0 Å². The fourth-order valence-electron chi connectivity index (χ4n) is 2.37. The number of rotatable bonds is 3. The Morgan fingerprint density at radius 3 is 2.50 bits per heavy atom. The van der Waals surface area contributed by atoms with Crippen LogP contribution in [0.1, 0.15) is 38.5 Å². The highest BCUT2D eigenvalue weighted by atomic mass is 16.5. The fraction of sp³-hybridized carbons (Fsp3) is 0.833. The van der Waals surface area contributed by atoms with Gasteiger partial charge in [-0.05, 0) is 25.7 Å². The summed E-state index contributed by atoms with van der Waals surface area (Å²) in [6.45, 7) is 1.76. The average molecular weight is 225 g/mol. The molecule has 90 valence electrons. The van der Waals surface area contributed by atoms with E-state index in [0.717, 1.165) is 12.8 Å². The Kier molecular flexibility index (Phi) is 3.93. The van der Waals surface area contributed by atoms with Crippen molar-refractivity contribution in [3.8, 4) is 0 Å². The lowest BCUT2D eigenvalue weighted by Crippen LogP contribution is -2.38. The summed E-state index contributed by atoms with van der Waals surface area (Å²) in [6.07, 6.45) is 5.70. The maximum absolute atomic E-state index is 11.6. The van der Waals surface area contributed by atoms with E-state index in [4.69, 9.17) is 4.74 Å². The first kappa shape index (κ1) is 11.6. The Balaban J connectivity index is 1.68. The third kappa shape index (κ3) is 3.30. The van der Waals surface area contributed by atoms with E-state index in [1.54, 1.807) is 0 Å². The van der Waals surface area contributed by atoms with E-state index in [2.05, 4.69) is 0 Å². The molecule has 1 saturated carbocycles. The number of hydrogen-bond acceptors (Lipinski definition) is 4. The van der Waals surface area contributed by atoms with Crippen molar-refractivity contribution in [2.24, 2.45) is 0 Å². The number of nitrogens with zero attached hydrogens (tertiary/aromatic N) is 1. The number of Topliss-reactive ketones (excluding diaryl/α,β-unsaturated/α-hetero) is 1. The SMILES string of the molecule is O=C1CCN(CC(=O)OC2CCCC2)CC1. The van der Waals surface area contributed by atoms with Gasteiger partial charge in [-0.25, -0.2) is 0 Å². The molecule has 1 aliphatic carbocycles. The summed E-state index contributed by atoms with van der Waals surface area (Å²) in [5.74, 6) is 0.182. The maximum atomic E-state index is 11.6. The number of piperidine rings is 1. The van der Waals surface area contributed by atoms with E-state index >= 15 is 0 Å². The Hall–Kier alpha value is -0.900. The second kappa shape index (κ2) is 5.43. The standard InChI is InChI=1S/C12H19NO3/c14-10-5-7-13(8-6-10)9-12(15)16-11-3-1-2-4-11/h11H,1-9H2. The van der Waals surface area contributed by atoms with Crippen LogP contribution in [0.2, 0.25) is 0 Å². The molecule has 0 bridgehead atoms. The van der Waals surface area contributed by atoms with Crippen molar-refractivity contribution in [2.45, 2.75) is 44.6 Å². The predicted octanol–water partition coefficient (Wildman–Crippen LogP) is 1.14. The summed E-state index contributed by atoms with van der Waals surface area (Å²) >= 11 is 0. The quantitative estimate of drug-likeness (QED) is 0.676. The Morgan fingerprint density at radius 1 is 1.25 bits per heavy atom. The van der Waals surface area contributed by atoms with Crippen LogP contribution in [0.3, 0.4) is 0 Å². The Labute approximate surface area is 95.9 Å². The largest absolute Gasteiger partial charge is 0.461 e. The predicted molar refractivity (Wildman–Crippen MR) is 59.0 cm³/mol. The highest BCUT2D eigenvalue weighted by Gasteiger charge is 2.22. The molecule has 1 aliphatic heterocycles. The number of likely N-dealkylation sites (tertiary alicyclic amines) is 1. The molecule has 0 aromatic heterocycles. The summed E-state index contributed by atoms with van der Waals surface area (Å²) in [4.78, 5) is 24.6. The second-order valence-electron chi connectivity index (χ2n) is 4.71. The van der Waals surface area contributed by atoms with Gasteiger partial charge in [-0.15, -0.1) is 0 Å². The zero-order valence-corrected chi connectivity index (χ0v) is 9.61. The first-order valence-corrected chi connectivity index (χ1v) is 6.17. The van der Waals surface area contributed by atoms with Crippen LogP contribution < -0.4 is 0 Å². The van der Waals surface area contributed by atoms with Gasteiger partial charge in [-0.3, -0.25) is 14.5 Å². The molecule has 1 heterocycles. The highest BCUT2D eigenvalue weighted by Crippen LogP contribution is 2.21. The molecular formula is C12H19NO3.